The summed E-state index contributed by atoms with van der Waals surface area (Å²) < 4.78 is 5.45. The third kappa shape index (κ3) is 5.27. The van der Waals surface area contributed by atoms with Gasteiger partial charge in [0, 0.05) is 19.6 Å². The van der Waals surface area contributed by atoms with Crippen LogP contribution in [0.3, 0.4) is 0 Å². The van der Waals surface area contributed by atoms with Crippen LogP contribution in [0.5, 0.6) is 0 Å². The predicted molar refractivity (Wildman–Crippen MR) is 104 cm³/mol. The minimum atomic E-state index is 0.489. The van der Waals surface area contributed by atoms with E-state index in [1.165, 1.54) is 0 Å². The number of morpholine rings is 1. The summed E-state index contributed by atoms with van der Waals surface area (Å²) in [5.41, 5.74) is 2.10. The highest BCUT2D eigenvalue weighted by molar-refractivity contribution is 5.73. The Hall–Kier alpha value is -2.45. The first-order valence-corrected chi connectivity index (χ1v) is 8.99. The molecule has 0 amide bonds. The molecule has 0 bridgehead atoms. The molecule has 1 aromatic carbocycles. The molecule has 26 heavy (non-hydrogen) atoms. The fourth-order valence-electron chi connectivity index (χ4n) is 2.83. The number of ether oxygens (including phenoxy) is 1. The lowest BCUT2D eigenvalue weighted by Crippen LogP contribution is -2.36. The van der Waals surface area contributed by atoms with E-state index in [-0.39, 0.29) is 0 Å². The highest BCUT2D eigenvalue weighted by Crippen LogP contribution is 2.28. The second-order valence-corrected chi connectivity index (χ2v) is 6.49. The summed E-state index contributed by atoms with van der Waals surface area (Å²) in [6, 6.07) is 8.18. The molecule has 0 unspecified atom stereocenters. The molecule has 0 atom stereocenters. The molecule has 0 spiro atoms. The largest absolute Gasteiger partial charge is 0.378 e. The Kier molecular flexibility index (Phi) is 6.56. The van der Waals surface area contributed by atoms with E-state index in [0.717, 1.165) is 63.0 Å². The molecule has 1 aromatic heterocycles. The summed E-state index contributed by atoms with van der Waals surface area (Å²) >= 11 is 0. The number of nitrogens with one attached hydrogen (secondary N) is 2. The molecule has 1 aliphatic heterocycles. The topological polar surface area (TPSA) is 78.4 Å². The monoisotopic (exact) mass is 357 g/mol. The van der Waals surface area contributed by atoms with Crippen molar-refractivity contribution in [1.29, 1.82) is 0 Å². The van der Waals surface area contributed by atoms with Gasteiger partial charge in [-0.1, -0.05) is 12.1 Å². The van der Waals surface area contributed by atoms with Crippen LogP contribution in [0.2, 0.25) is 0 Å². The maximum Gasteiger partial charge on any atom is 0.249 e. The van der Waals surface area contributed by atoms with Gasteiger partial charge in [-0.2, -0.15) is 10.1 Å². The van der Waals surface area contributed by atoms with Crippen LogP contribution in [-0.2, 0) is 4.74 Å². The average molecular weight is 357 g/mol. The van der Waals surface area contributed by atoms with Crippen molar-refractivity contribution < 1.29 is 4.74 Å². The van der Waals surface area contributed by atoms with Crippen LogP contribution < -0.4 is 15.5 Å². The minimum absolute atomic E-state index is 0.489. The third-order valence-electron chi connectivity index (χ3n) is 4.15. The maximum atomic E-state index is 5.45. The van der Waals surface area contributed by atoms with E-state index in [9.17, 15) is 0 Å². The van der Waals surface area contributed by atoms with E-state index in [1.807, 2.05) is 18.2 Å². The zero-order valence-electron chi connectivity index (χ0n) is 15.5. The lowest BCUT2D eigenvalue weighted by Gasteiger charge is -2.30. The molecule has 1 fully saturated rings. The van der Waals surface area contributed by atoms with Gasteiger partial charge in [0.2, 0.25) is 5.95 Å². The quantitative estimate of drug-likeness (QED) is 0.693. The van der Waals surface area contributed by atoms with E-state index in [2.05, 4.69) is 55.8 Å². The second kappa shape index (κ2) is 9.30. The molecule has 2 aromatic rings. The van der Waals surface area contributed by atoms with Crippen LogP contribution in [0.4, 0.5) is 23.1 Å². The van der Waals surface area contributed by atoms with Gasteiger partial charge in [-0.3, -0.25) is 0 Å². The SMILES string of the molecule is CN(C)CCCNc1cnnc(Nc2ccccc2N2CCOCC2)n1. The van der Waals surface area contributed by atoms with Crippen LogP contribution >= 0.6 is 0 Å². The smallest absolute Gasteiger partial charge is 0.249 e. The normalized spacial score (nSPS) is 14.5. The van der Waals surface area contributed by atoms with Crippen LogP contribution in [0.25, 0.3) is 0 Å². The first-order chi connectivity index (χ1) is 12.7. The fourth-order valence-corrected chi connectivity index (χ4v) is 2.83. The van der Waals surface area contributed by atoms with E-state index in [1.54, 1.807) is 6.20 Å². The third-order valence-corrected chi connectivity index (χ3v) is 4.15. The molecule has 0 saturated carbocycles. The first-order valence-electron chi connectivity index (χ1n) is 8.99. The number of para-hydroxylation sites is 2. The van der Waals surface area contributed by atoms with Gasteiger partial charge in [-0.15, -0.1) is 5.10 Å². The Morgan fingerprint density at radius 2 is 2.00 bits per heavy atom. The molecular formula is C18H27N7O. The molecule has 2 N–H and O–H groups in total. The molecule has 1 aliphatic rings. The molecule has 8 heteroatoms. The van der Waals surface area contributed by atoms with Gasteiger partial charge >= 0.3 is 0 Å². The van der Waals surface area contributed by atoms with Gasteiger partial charge in [0.25, 0.3) is 0 Å². The van der Waals surface area contributed by atoms with Crippen LogP contribution in [0, 0.1) is 0 Å². The number of hydrogen-bond donors (Lipinski definition) is 2. The molecule has 0 radical (unpaired) electrons. The highest BCUT2D eigenvalue weighted by Gasteiger charge is 2.15. The Bertz CT molecular complexity index is 689. The number of anilines is 4. The second-order valence-electron chi connectivity index (χ2n) is 6.49. The average Bonchev–Trinajstić information content (AvgIpc) is 2.67. The van der Waals surface area contributed by atoms with Gasteiger partial charge in [-0.25, -0.2) is 0 Å². The number of benzene rings is 1. The zero-order chi connectivity index (χ0) is 18.2. The van der Waals surface area contributed by atoms with Crippen molar-refractivity contribution in [1.82, 2.24) is 20.1 Å². The van der Waals surface area contributed by atoms with E-state index in [0.29, 0.717) is 5.95 Å². The van der Waals surface area contributed by atoms with Crippen molar-refractivity contribution in [3.8, 4) is 0 Å². The van der Waals surface area contributed by atoms with E-state index in [4.69, 9.17) is 4.74 Å². The molecule has 140 valence electrons. The van der Waals surface area contributed by atoms with Crippen molar-refractivity contribution in [2.75, 3.05) is 69.0 Å². The predicted octanol–water partition coefficient (Wildman–Crippen LogP) is 1.82. The standard InChI is InChI=1S/C18H27N7O/c1-24(2)9-5-8-19-17-14-20-23-18(22-17)21-15-6-3-4-7-16(15)25-10-12-26-13-11-25/h3-4,6-7,14H,5,8-13H2,1-2H3,(H2,19,21,22,23). The number of nitrogens with zero attached hydrogens (tertiary/aromatic N) is 5. The zero-order valence-corrected chi connectivity index (χ0v) is 15.5. The van der Waals surface area contributed by atoms with Gasteiger partial charge < -0.3 is 25.2 Å². The number of aromatic nitrogens is 3. The highest BCUT2D eigenvalue weighted by atomic mass is 16.5. The molecule has 8 nitrogen and oxygen atoms in total. The van der Waals surface area contributed by atoms with Gasteiger partial charge in [-0.05, 0) is 39.2 Å². The van der Waals surface area contributed by atoms with Gasteiger partial charge in [0.1, 0.15) is 0 Å². The molecule has 0 aliphatic carbocycles. The Morgan fingerprint density at radius 3 is 2.81 bits per heavy atom. The molecular weight excluding hydrogens is 330 g/mol. The Morgan fingerprint density at radius 1 is 1.19 bits per heavy atom. The lowest BCUT2D eigenvalue weighted by molar-refractivity contribution is 0.123. The maximum absolute atomic E-state index is 5.45. The minimum Gasteiger partial charge on any atom is -0.378 e. The number of hydrogen-bond acceptors (Lipinski definition) is 8. The molecule has 2 heterocycles. The summed E-state index contributed by atoms with van der Waals surface area (Å²) in [7, 11) is 4.14. The first kappa shape index (κ1) is 18.3. The fraction of sp³-hybridized carbons (Fsp3) is 0.500. The molecule has 3 rings (SSSR count). The lowest BCUT2D eigenvalue weighted by atomic mass is 10.2. The van der Waals surface area contributed by atoms with Crippen LogP contribution in [0.15, 0.2) is 30.5 Å². The van der Waals surface area contributed by atoms with Crippen molar-refractivity contribution in [2.24, 2.45) is 0 Å². The van der Waals surface area contributed by atoms with Gasteiger partial charge in [0.05, 0.1) is 30.8 Å². The summed E-state index contributed by atoms with van der Waals surface area (Å²) in [6.07, 6.45) is 2.69. The summed E-state index contributed by atoms with van der Waals surface area (Å²) in [5, 5.41) is 14.8. The van der Waals surface area contributed by atoms with Crippen molar-refractivity contribution in [3.05, 3.63) is 30.5 Å². The van der Waals surface area contributed by atoms with Crippen molar-refractivity contribution in [2.45, 2.75) is 6.42 Å². The Balaban J connectivity index is 1.64. The van der Waals surface area contributed by atoms with Crippen molar-refractivity contribution >= 4 is 23.1 Å². The summed E-state index contributed by atoms with van der Waals surface area (Å²) in [4.78, 5) is 8.99. The van der Waals surface area contributed by atoms with Crippen molar-refractivity contribution in [3.63, 3.8) is 0 Å². The van der Waals surface area contributed by atoms with E-state index >= 15 is 0 Å². The Labute approximate surface area is 154 Å². The van der Waals surface area contributed by atoms with Gasteiger partial charge in [0.15, 0.2) is 5.82 Å². The van der Waals surface area contributed by atoms with E-state index < -0.39 is 0 Å². The molecule has 1 saturated heterocycles. The number of rotatable bonds is 8. The summed E-state index contributed by atoms with van der Waals surface area (Å²) in [6.45, 7) is 5.14. The van der Waals surface area contributed by atoms with Crippen LogP contribution in [0.1, 0.15) is 6.42 Å². The van der Waals surface area contributed by atoms with Crippen LogP contribution in [-0.4, -0.2) is 73.6 Å². The summed E-state index contributed by atoms with van der Waals surface area (Å²) in [5.74, 6) is 1.22.